The summed E-state index contributed by atoms with van der Waals surface area (Å²) in [6.07, 6.45) is 15.3. The molecule has 0 saturated heterocycles. The van der Waals surface area contributed by atoms with Crippen LogP contribution in [-0.2, 0) is 0 Å². The highest BCUT2D eigenvalue weighted by Gasteiger charge is 2.38. The van der Waals surface area contributed by atoms with E-state index in [0.717, 1.165) is 36.0 Å². The molecule has 0 radical (unpaired) electrons. The smallest absolute Gasteiger partial charge is 0.204 e. The molecule has 0 amide bonds. The maximum atomic E-state index is 14.3. The molecule has 4 unspecified atom stereocenters. The zero-order chi connectivity index (χ0) is 21.8. The van der Waals surface area contributed by atoms with E-state index in [-0.39, 0.29) is 11.5 Å². The van der Waals surface area contributed by atoms with E-state index in [1.54, 1.807) is 6.92 Å². The fraction of sp³-hybridized carbons (Fsp3) is 0.704. The van der Waals surface area contributed by atoms with E-state index in [9.17, 15) is 8.78 Å². The third kappa shape index (κ3) is 5.26. The number of hydrogen-bond donors (Lipinski definition) is 0. The average molecular weight is 433 g/mol. The van der Waals surface area contributed by atoms with E-state index in [0.29, 0.717) is 19.1 Å². The monoisotopic (exact) mass is 432 g/mol. The average Bonchev–Trinajstić information content (AvgIpc) is 2.81. The second-order valence-corrected chi connectivity index (χ2v) is 10.1. The maximum absolute atomic E-state index is 14.3. The van der Waals surface area contributed by atoms with Gasteiger partial charge < -0.3 is 9.47 Å². The molecule has 0 N–H and O–H groups in total. The standard InChI is InChI=1S/C27H38F2O2/c1-3-18-5-8-20(9-6-18)22-12-11-21-15-19(7-10-23(21)16-22)17-31-25-14-13-24(30-4-2)26(28)27(25)29/h3,13-14,18-23H,1,4-12,15-17H2,2H3. The van der Waals surface area contributed by atoms with Crippen LogP contribution in [0.2, 0.25) is 0 Å². The number of hydrogen-bond acceptors (Lipinski definition) is 2. The highest BCUT2D eigenvalue weighted by atomic mass is 19.2. The molecular formula is C27H38F2O2. The van der Waals surface area contributed by atoms with Crippen molar-refractivity contribution in [3.8, 4) is 11.5 Å². The van der Waals surface area contributed by atoms with Crippen molar-refractivity contribution in [2.75, 3.05) is 13.2 Å². The van der Waals surface area contributed by atoms with Crippen molar-refractivity contribution >= 4 is 0 Å². The van der Waals surface area contributed by atoms with Crippen molar-refractivity contribution in [1.29, 1.82) is 0 Å². The summed E-state index contributed by atoms with van der Waals surface area (Å²) in [7, 11) is 0. The van der Waals surface area contributed by atoms with Gasteiger partial charge in [0, 0.05) is 0 Å². The van der Waals surface area contributed by atoms with Gasteiger partial charge in [0.25, 0.3) is 0 Å². The Hall–Kier alpha value is -1.58. The second-order valence-electron chi connectivity index (χ2n) is 10.1. The Kier molecular flexibility index (Phi) is 7.55. The van der Waals surface area contributed by atoms with Crippen molar-refractivity contribution in [3.05, 3.63) is 36.4 Å². The van der Waals surface area contributed by atoms with Crippen LogP contribution in [0, 0.1) is 47.1 Å². The first kappa shape index (κ1) is 22.6. The van der Waals surface area contributed by atoms with Crippen LogP contribution in [0.4, 0.5) is 8.78 Å². The Labute approximate surface area is 186 Å². The number of fused-ring (bicyclic) bond motifs is 1. The first-order chi connectivity index (χ1) is 15.1. The van der Waals surface area contributed by atoms with Gasteiger partial charge in [-0.15, -0.1) is 6.58 Å². The quantitative estimate of drug-likeness (QED) is 0.414. The SMILES string of the molecule is C=CC1CCC(C2CCC3CC(COc4ccc(OCC)c(F)c4F)CCC3C2)CC1. The van der Waals surface area contributed by atoms with Gasteiger partial charge in [0.1, 0.15) is 0 Å². The second kappa shape index (κ2) is 10.4. The van der Waals surface area contributed by atoms with E-state index in [1.807, 2.05) is 0 Å². The molecule has 0 spiro atoms. The molecule has 2 nitrogen and oxygen atoms in total. The van der Waals surface area contributed by atoms with Gasteiger partial charge >= 0.3 is 0 Å². The summed E-state index contributed by atoms with van der Waals surface area (Å²) in [6, 6.07) is 2.94. The third-order valence-corrected chi connectivity index (χ3v) is 8.36. The first-order valence-electron chi connectivity index (χ1n) is 12.4. The summed E-state index contributed by atoms with van der Waals surface area (Å²) in [5, 5.41) is 0. The minimum Gasteiger partial charge on any atom is -0.491 e. The fourth-order valence-electron chi connectivity index (χ4n) is 6.55. The number of rotatable bonds is 7. The van der Waals surface area contributed by atoms with Crippen LogP contribution in [0.15, 0.2) is 24.8 Å². The van der Waals surface area contributed by atoms with Crippen LogP contribution in [0.3, 0.4) is 0 Å². The van der Waals surface area contributed by atoms with Crippen LogP contribution >= 0.6 is 0 Å². The first-order valence-corrected chi connectivity index (χ1v) is 12.4. The van der Waals surface area contributed by atoms with E-state index in [1.165, 1.54) is 69.9 Å². The molecule has 1 aromatic rings. The topological polar surface area (TPSA) is 18.5 Å². The number of benzene rings is 1. The molecule has 3 aliphatic carbocycles. The van der Waals surface area contributed by atoms with Crippen molar-refractivity contribution in [2.45, 2.75) is 71.1 Å². The Morgan fingerprint density at radius 2 is 1.35 bits per heavy atom. The number of ether oxygens (including phenoxy) is 2. The predicted molar refractivity (Wildman–Crippen MR) is 120 cm³/mol. The van der Waals surface area contributed by atoms with Crippen LogP contribution in [0.25, 0.3) is 0 Å². The Morgan fingerprint density at radius 1 is 0.806 bits per heavy atom. The molecule has 3 saturated carbocycles. The lowest BCUT2D eigenvalue weighted by molar-refractivity contribution is 0.0499. The van der Waals surface area contributed by atoms with Gasteiger partial charge in [0.05, 0.1) is 13.2 Å². The zero-order valence-corrected chi connectivity index (χ0v) is 19.0. The van der Waals surface area contributed by atoms with Gasteiger partial charge in [-0.3, -0.25) is 0 Å². The van der Waals surface area contributed by atoms with Crippen LogP contribution < -0.4 is 9.47 Å². The van der Waals surface area contributed by atoms with E-state index >= 15 is 0 Å². The molecule has 31 heavy (non-hydrogen) atoms. The van der Waals surface area contributed by atoms with Gasteiger partial charge in [-0.05, 0) is 119 Å². The van der Waals surface area contributed by atoms with Crippen molar-refractivity contribution in [2.24, 2.45) is 35.5 Å². The summed E-state index contributed by atoms with van der Waals surface area (Å²) < 4.78 is 39.2. The molecule has 0 heterocycles. The molecule has 0 aromatic heterocycles. The van der Waals surface area contributed by atoms with Gasteiger partial charge in [-0.1, -0.05) is 6.08 Å². The van der Waals surface area contributed by atoms with Gasteiger partial charge in [-0.2, -0.15) is 8.78 Å². The van der Waals surface area contributed by atoms with Crippen LogP contribution in [0.5, 0.6) is 11.5 Å². The molecule has 0 aliphatic heterocycles. The molecule has 3 aliphatic rings. The molecule has 3 fully saturated rings. The van der Waals surface area contributed by atoms with Gasteiger partial charge in [0.2, 0.25) is 11.6 Å². The number of halogens is 2. The summed E-state index contributed by atoms with van der Waals surface area (Å²) in [5.74, 6) is 2.72. The summed E-state index contributed by atoms with van der Waals surface area (Å²) in [6.45, 7) is 6.51. The summed E-state index contributed by atoms with van der Waals surface area (Å²) in [5.41, 5.74) is 0. The molecule has 172 valence electrons. The van der Waals surface area contributed by atoms with E-state index < -0.39 is 11.6 Å². The van der Waals surface area contributed by atoms with Crippen molar-refractivity contribution in [1.82, 2.24) is 0 Å². The molecule has 4 atom stereocenters. The lowest BCUT2D eigenvalue weighted by Crippen LogP contribution is -2.35. The summed E-state index contributed by atoms with van der Waals surface area (Å²) >= 11 is 0. The molecular weight excluding hydrogens is 394 g/mol. The van der Waals surface area contributed by atoms with Crippen LogP contribution in [-0.4, -0.2) is 13.2 Å². The predicted octanol–water partition coefficient (Wildman–Crippen LogP) is 7.57. The highest BCUT2D eigenvalue weighted by molar-refractivity contribution is 5.35. The van der Waals surface area contributed by atoms with E-state index in [4.69, 9.17) is 9.47 Å². The molecule has 1 aromatic carbocycles. The minimum absolute atomic E-state index is 0.00177. The lowest BCUT2D eigenvalue weighted by atomic mass is 9.61. The van der Waals surface area contributed by atoms with E-state index in [2.05, 4.69) is 12.7 Å². The maximum Gasteiger partial charge on any atom is 0.204 e. The highest BCUT2D eigenvalue weighted by Crippen LogP contribution is 2.49. The normalized spacial score (nSPS) is 33.4. The molecule has 0 bridgehead atoms. The van der Waals surface area contributed by atoms with Crippen molar-refractivity contribution < 1.29 is 18.3 Å². The summed E-state index contributed by atoms with van der Waals surface area (Å²) in [4.78, 5) is 0. The Balaban J connectivity index is 1.25. The third-order valence-electron chi connectivity index (χ3n) is 8.36. The molecule has 4 rings (SSSR count). The Morgan fingerprint density at radius 3 is 2.00 bits per heavy atom. The fourth-order valence-corrected chi connectivity index (χ4v) is 6.55. The van der Waals surface area contributed by atoms with Crippen LogP contribution in [0.1, 0.15) is 71.1 Å². The zero-order valence-electron chi connectivity index (χ0n) is 19.0. The largest absolute Gasteiger partial charge is 0.491 e. The molecule has 4 heteroatoms. The van der Waals surface area contributed by atoms with Gasteiger partial charge in [0.15, 0.2) is 11.5 Å². The Bertz CT molecular complexity index is 741. The number of allylic oxidation sites excluding steroid dienone is 1. The minimum atomic E-state index is -0.955. The van der Waals surface area contributed by atoms with Gasteiger partial charge in [-0.25, -0.2) is 0 Å². The van der Waals surface area contributed by atoms with Crippen molar-refractivity contribution in [3.63, 3.8) is 0 Å². The lowest BCUT2D eigenvalue weighted by Gasteiger charge is -2.45.